The van der Waals surface area contributed by atoms with Crippen LogP contribution in [0.1, 0.15) is 17.9 Å². The second kappa shape index (κ2) is 5.87. The smallest absolute Gasteiger partial charge is 0.245 e. The number of rotatable bonds is 4. The summed E-state index contributed by atoms with van der Waals surface area (Å²) in [6.45, 7) is 7.36. The van der Waals surface area contributed by atoms with Gasteiger partial charge in [0.05, 0.1) is 5.69 Å². The predicted octanol–water partition coefficient (Wildman–Crippen LogP) is 3.61. The van der Waals surface area contributed by atoms with E-state index >= 15 is 0 Å². The van der Waals surface area contributed by atoms with Crippen LogP contribution in [0.25, 0.3) is 11.6 Å². The number of nitrogens with zero attached hydrogens (tertiary/aromatic N) is 3. The van der Waals surface area contributed by atoms with Crippen molar-refractivity contribution in [2.75, 3.05) is 0 Å². The second-order valence-electron chi connectivity index (χ2n) is 5.03. The van der Waals surface area contributed by atoms with Gasteiger partial charge in [-0.1, -0.05) is 18.7 Å². The lowest BCUT2D eigenvalue weighted by Gasteiger charge is -2.20. The molecule has 0 N–H and O–H groups in total. The van der Waals surface area contributed by atoms with E-state index in [-0.39, 0.29) is 0 Å². The van der Waals surface area contributed by atoms with Crippen LogP contribution < -0.4 is 0 Å². The van der Waals surface area contributed by atoms with Crippen molar-refractivity contribution in [3.8, 4) is 11.6 Å². The number of aromatic nitrogens is 2. The number of hydrogen-bond donors (Lipinski definition) is 0. The predicted molar refractivity (Wildman–Crippen MR) is 83.1 cm³/mol. The summed E-state index contributed by atoms with van der Waals surface area (Å²) < 4.78 is 5.91. The fourth-order valence-corrected chi connectivity index (χ4v) is 2.66. The zero-order valence-corrected chi connectivity index (χ0v) is 11.8. The highest BCUT2D eigenvalue weighted by Gasteiger charge is 2.26. The summed E-state index contributed by atoms with van der Waals surface area (Å²) in [5, 5.41) is 0. The topological polar surface area (TPSA) is 51.3 Å². The van der Waals surface area contributed by atoms with E-state index in [1.165, 1.54) is 0 Å². The minimum atomic E-state index is 0.317. The van der Waals surface area contributed by atoms with Gasteiger partial charge in [-0.2, -0.15) is 0 Å². The van der Waals surface area contributed by atoms with Gasteiger partial charge in [-0.25, -0.2) is 4.98 Å². The Hall–Kier alpha value is -2.49. The molecule has 0 saturated carbocycles. The van der Waals surface area contributed by atoms with E-state index in [4.69, 9.17) is 4.42 Å². The lowest BCUT2D eigenvalue weighted by atomic mass is 9.88. The summed E-state index contributed by atoms with van der Waals surface area (Å²) in [6.07, 6.45) is 8.10. The van der Waals surface area contributed by atoms with Gasteiger partial charge in [-0.05, 0) is 37.8 Å². The van der Waals surface area contributed by atoms with Gasteiger partial charge in [0, 0.05) is 24.2 Å². The average molecular weight is 279 g/mol. The van der Waals surface area contributed by atoms with Crippen LogP contribution in [0.5, 0.6) is 0 Å². The van der Waals surface area contributed by atoms with Crippen molar-refractivity contribution < 1.29 is 4.42 Å². The van der Waals surface area contributed by atoms with Crippen molar-refractivity contribution in [1.29, 1.82) is 0 Å². The van der Waals surface area contributed by atoms with Gasteiger partial charge < -0.3 is 4.42 Å². The molecule has 0 saturated heterocycles. The summed E-state index contributed by atoms with van der Waals surface area (Å²) in [5.74, 6) is 1.85. The third-order valence-electron chi connectivity index (χ3n) is 3.71. The highest BCUT2D eigenvalue weighted by molar-refractivity contribution is 5.47. The van der Waals surface area contributed by atoms with Crippen molar-refractivity contribution >= 4 is 6.72 Å². The van der Waals surface area contributed by atoms with Crippen molar-refractivity contribution in [2.24, 2.45) is 10.9 Å². The fraction of sp³-hybridized carbons (Fsp3) is 0.235. The Kier molecular flexibility index (Phi) is 3.77. The molecule has 0 spiro atoms. The minimum Gasteiger partial charge on any atom is -0.440 e. The van der Waals surface area contributed by atoms with Crippen LogP contribution in [0.15, 0.2) is 58.2 Å². The molecule has 1 aliphatic carbocycles. The third-order valence-corrected chi connectivity index (χ3v) is 3.71. The lowest BCUT2D eigenvalue weighted by molar-refractivity contribution is 0.429. The minimum absolute atomic E-state index is 0.317. The van der Waals surface area contributed by atoms with E-state index in [1.54, 1.807) is 12.3 Å². The Morgan fingerprint density at radius 2 is 2.33 bits per heavy atom. The van der Waals surface area contributed by atoms with E-state index in [9.17, 15) is 0 Å². The number of fused-ring (bicyclic) bond motifs is 1. The van der Waals surface area contributed by atoms with Gasteiger partial charge in [0.2, 0.25) is 5.89 Å². The molecule has 0 aliphatic heterocycles. The summed E-state index contributed by atoms with van der Waals surface area (Å²) in [4.78, 5) is 13.0. The average Bonchev–Trinajstić information content (AvgIpc) is 2.96. The van der Waals surface area contributed by atoms with E-state index in [0.29, 0.717) is 11.8 Å². The molecule has 3 rings (SSSR count). The molecular formula is C17H17N3O. The maximum atomic E-state index is 5.91. The molecule has 0 amide bonds. The standard InChI is InChI=1S/C17H17N3O/c1-3-6-13(18-2)12-8-9-14-16(11-12)21-17(20-14)15-7-4-5-10-19-15/h3-7,10,12H,1-2,8-9,11H2/b13-6-. The van der Waals surface area contributed by atoms with Crippen molar-refractivity contribution in [3.63, 3.8) is 0 Å². The number of aryl methyl sites for hydroxylation is 1. The Morgan fingerprint density at radius 1 is 1.43 bits per heavy atom. The molecular weight excluding hydrogens is 262 g/mol. The molecule has 0 fully saturated rings. The Bertz CT molecular complexity index is 685. The molecule has 0 aromatic carbocycles. The zero-order chi connectivity index (χ0) is 14.7. The molecule has 106 valence electrons. The summed E-state index contributed by atoms with van der Waals surface area (Å²) >= 11 is 0. The van der Waals surface area contributed by atoms with Crippen molar-refractivity contribution in [3.05, 3.63) is 60.3 Å². The molecule has 21 heavy (non-hydrogen) atoms. The van der Waals surface area contributed by atoms with Gasteiger partial charge in [-0.3, -0.25) is 9.98 Å². The Morgan fingerprint density at radius 3 is 3.05 bits per heavy atom. The first-order valence-electron chi connectivity index (χ1n) is 7.01. The molecule has 2 aromatic rings. The normalized spacial score (nSPS) is 18.1. The third kappa shape index (κ3) is 2.70. The molecule has 1 unspecified atom stereocenters. The molecule has 4 nitrogen and oxygen atoms in total. The van der Waals surface area contributed by atoms with Crippen LogP contribution in [-0.4, -0.2) is 16.7 Å². The number of allylic oxidation sites excluding steroid dienone is 3. The second-order valence-corrected chi connectivity index (χ2v) is 5.03. The summed E-state index contributed by atoms with van der Waals surface area (Å²) in [7, 11) is 0. The monoisotopic (exact) mass is 279 g/mol. The van der Waals surface area contributed by atoms with Crippen LogP contribution in [0.2, 0.25) is 0 Å². The van der Waals surface area contributed by atoms with E-state index in [2.05, 4.69) is 28.3 Å². The molecule has 4 heteroatoms. The van der Waals surface area contributed by atoms with Gasteiger partial charge in [0.15, 0.2) is 0 Å². The van der Waals surface area contributed by atoms with Crippen LogP contribution >= 0.6 is 0 Å². The number of oxazole rings is 1. The number of hydrogen-bond acceptors (Lipinski definition) is 4. The van der Waals surface area contributed by atoms with E-state index in [1.807, 2.05) is 24.3 Å². The maximum absolute atomic E-state index is 5.91. The SMILES string of the molecule is C=C/C=C(\N=C)C1CCc2nc(-c3ccccn3)oc2C1. The van der Waals surface area contributed by atoms with Crippen molar-refractivity contribution in [2.45, 2.75) is 19.3 Å². The van der Waals surface area contributed by atoms with E-state index < -0.39 is 0 Å². The summed E-state index contributed by atoms with van der Waals surface area (Å²) in [6, 6.07) is 5.72. The van der Waals surface area contributed by atoms with Crippen molar-refractivity contribution in [1.82, 2.24) is 9.97 Å². The van der Waals surface area contributed by atoms with E-state index in [0.717, 1.165) is 42.1 Å². The highest BCUT2D eigenvalue weighted by Crippen LogP contribution is 2.32. The van der Waals surface area contributed by atoms with Gasteiger partial charge >= 0.3 is 0 Å². The number of aliphatic imine (C=N–C) groups is 1. The van der Waals surface area contributed by atoms with Gasteiger partial charge in [0.25, 0.3) is 0 Å². The van der Waals surface area contributed by atoms with Crippen LogP contribution in [-0.2, 0) is 12.8 Å². The Balaban J connectivity index is 1.87. The first-order chi connectivity index (χ1) is 10.3. The quantitative estimate of drug-likeness (QED) is 0.634. The number of pyridine rings is 1. The molecule has 1 aliphatic rings. The maximum Gasteiger partial charge on any atom is 0.245 e. The lowest BCUT2D eigenvalue weighted by Crippen LogP contribution is -2.14. The molecule has 2 heterocycles. The molecule has 1 atom stereocenters. The fourth-order valence-electron chi connectivity index (χ4n) is 2.66. The first-order valence-corrected chi connectivity index (χ1v) is 7.01. The molecule has 0 radical (unpaired) electrons. The summed E-state index contributed by atoms with van der Waals surface area (Å²) in [5.41, 5.74) is 2.77. The Labute approximate surface area is 124 Å². The van der Waals surface area contributed by atoms with Crippen LogP contribution in [0.3, 0.4) is 0 Å². The largest absolute Gasteiger partial charge is 0.440 e. The highest BCUT2D eigenvalue weighted by atomic mass is 16.4. The van der Waals surface area contributed by atoms with Crippen LogP contribution in [0, 0.1) is 5.92 Å². The van der Waals surface area contributed by atoms with Crippen LogP contribution in [0.4, 0.5) is 0 Å². The van der Waals surface area contributed by atoms with Gasteiger partial charge in [0.1, 0.15) is 11.5 Å². The first kappa shape index (κ1) is 13.5. The molecule has 0 bridgehead atoms. The van der Waals surface area contributed by atoms with Gasteiger partial charge in [-0.15, -0.1) is 0 Å². The zero-order valence-electron chi connectivity index (χ0n) is 11.8. The molecule has 2 aromatic heterocycles.